The zero-order chi connectivity index (χ0) is 13.9. The topological polar surface area (TPSA) is 12.0 Å². The predicted molar refractivity (Wildman–Crippen MR) is 86.9 cm³/mol. The Morgan fingerprint density at radius 2 is 1.85 bits per heavy atom. The molecule has 0 atom stereocenters. The van der Waals surface area contributed by atoms with Gasteiger partial charge in [0, 0.05) is 22.4 Å². The van der Waals surface area contributed by atoms with Crippen molar-refractivity contribution in [1.29, 1.82) is 0 Å². The average Bonchev–Trinajstić information content (AvgIpc) is 3.26. The molecule has 1 aliphatic carbocycles. The maximum Gasteiger partial charge on any atom is 0.0603 e. The minimum Gasteiger partial charge on any atom is -0.310 e. The Labute approximate surface area is 133 Å². The lowest BCUT2D eigenvalue weighted by molar-refractivity contribution is 0.680. The standard InChI is InChI=1S/C16H15Cl2NS/c17-14-8-7-13(9-15(14)18)20-16-4-2-1-3-11(16)10-19-12-5-6-12/h1-4,7-9,12,19H,5-6,10H2. The van der Waals surface area contributed by atoms with E-state index in [2.05, 4.69) is 29.6 Å². The van der Waals surface area contributed by atoms with E-state index in [-0.39, 0.29) is 0 Å². The highest BCUT2D eigenvalue weighted by Crippen LogP contribution is 2.34. The van der Waals surface area contributed by atoms with Crippen LogP contribution in [0, 0.1) is 0 Å². The Kier molecular flexibility index (Phi) is 4.57. The summed E-state index contributed by atoms with van der Waals surface area (Å²) in [6.45, 7) is 0.926. The normalized spacial score (nSPS) is 14.5. The molecule has 104 valence electrons. The van der Waals surface area contributed by atoms with Crippen LogP contribution in [0.5, 0.6) is 0 Å². The number of nitrogens with one attached hydrogen (secondary N) is 1. The summed E-state index contributed by atoms with van der Waals surface area (Å²) < 4.78 is 0. The molecular formula is C16H15Cl2NS. The van der Waals surface area contributed by atoms with E-state index in [0.717, 1.165) is 17.5 Å². The van der Waals surface area contributed by atoms with Crippen LogP contribution in [-0.4, -0.2) is 6.04 Å². The van der Waals surface area contributed by atoms with Crippen molar-refractivity contribution in [3.63, 3.8) is 0 Å². The Balaban J connectivity index is 1.76. The quantitative estimate of drug-likeness (QED) is 0.790. The van der Waals surface area contributed by atoms with Crippen LogP contribution in [0.25, 0.3) is 0 Å². The molecule has 0 aromatic heterocycles. The number of benzene rings is 2. The first-order chi connectivity index (χ1) is 9.72. The third kappa shape index (κ3) is 3.70. The van der Waals surface area contributed by atoms with E-state index in [4.69, 9.17) is 23.2 Å². The monoisotopic (exact) mass is 323 g/mol. The SMILES string of the molecule is Clc1ccc(Sc2ccccc2CNC2CC2)cc1Cl. The zero-order valence-corrected chi connectivity index (χ0v) is 13.2. The van der Waals surface area contributed by atoms with Crippen molar-refractivity contribution in [2.24, 2.45) is 0 Å². The van der Waals surface area contributed by atoms with E-state index in [1.54, 1.807) is 11.8 Å². The van der Waals surface area contributed by atoms with E-state index in [0.29, 0.717) is 10.0 Å². The van der Waals surface area contributed by atoms with Gasteiger partial charge >= 0.3 is 0 Å². The zero-order valence-electron chi connectivity index (χ0n) is 10.9. The van der Waals surface area contributed by atoms with Gasteiger partial charge in [-0.2, -0.15) is 0 Å². The molecule has 0 aliphatic heterocycles. The molecule has 3 rings (SSSR count). The molecule has 1 saturated carbocycles. The van der Waals surface area contributed by atoms with Gasteiger partial charge in [0.05, 0.1) is 10.0 Å². The van der Waals surface area contributed by atoms with Crippen LogP contribution in [0.15, 0.2) is 52.3 Å². The summed E-state index contributed by atoms with van der Waals surface area (Å²) in [5, 5.41) is 4.76. The fourth-order valence-electron chi connectivity index (χ4n) is 1.96. The second-order valence-electron chi connectivity index (χ2n) is 4.94. The third-order valence-corrected chi connectivity index (χ3v) is 5.10. The minimum absolute atomic E-state index is 0.597. The number of halogens is 2. The molecule has 1 N–H and O–H groups in total. The predicted octanol–water partition coefficient (Wildman–Crippen LogP) is 5.40. The lowest BCUT2D eigenvalue weighted by atomic mass is 10.2. The van der Waals surface area contributed by atoms with Crippen LogP contribution in [0.3, 0.4) is 0 Å². The van der Waals surface area contributed by atoms with Gasteiger partial charge in [0.1, 0.15) is 0 Å². The van der Waals surface area contributed by atoms with Crippen LogP contribution in [0.4, 0.5) is 0 Å². The third-order valence-electron chi connectivity index (χ3n) is 3.25. The van der Waals surface area contributed by atoms with Crippen LogP contribution in [0.2, 0.25) is 10.0 Å². The number of hydrogen-bond acceptors (Lipinski definition) is 2. The Bertz CT molecular complexity index is 611. The molecule has 20 heavy (non-hydrogen) atoms. The van der Waals surface area contributed by atoms with Gasteiger partial charge in [-0.1, -0.05) is 53.2 Å². The van der Waals surface area contributed by atoms with Gasteiger partial charge in [-0.05, 0) is 42.7 Å². The van der Waals surface area contributed by atoms with Gasteiger partial charge in [0.15, 0.2) is 0 Å². The maximum atomic E-state index is 6.07. The maximum absolute atomic E-state index is 6.07. The first-order valence-electron chi connectivity index (χ1n) is 6.66. The fraction of sp³-hybridized carbons (Fsp3) is 0.250. The van der Waals surface area contributed by atoms with E-state index in [9.17, 15) is 0 Å². The first-order valence-corrected chi connectivity index (χ1v) is 8.24. The molecule has 1 aliphatic rings. The second kappa shape index (κ2) is 6.40. The molecule has 2 aromatic carbocycles. The fourth-order valence-corrected chi connectivity index (χ4v) is 3.31. The van der Waals surface area contributed by atoms with E-state index in [1.807, 2.05) is 18.2 Å². The van der Waals surface area contributed by atoms with Gasteiger partial charge in [0.25, 0.3) is 0 Å². The van der Waals surface area contributed by atoms with Gasteiger partial charge in [-0.25, -0.2) is 0 Å². The summed E-state index contributed by atoms with van der Waals surface area (Å²) in [5.74, 6) is 0. The van der Waals surface area contributed by atoms with Crippen LogP contribution in [-0.2, 0) is 6.54 Å². The lowest BCUT2D eigenvalue weighted by Crippen LogP contribution is -2.15. The summed E-state index contributed by atoms with van der Waals surface area (Å²) in [6, 6.07) is 15.0. The Hall–Kier alpha value is -0.670. The van der Waals surface area contributed by atoms with Crippen LogP contribution >= 0.6 is 35.0 Å². The van der Waals surface area contributed by atoms with Crippen molar-refractivity contribution in [2.75, 3.05) is 0 Å². The molecule has 0 amide bonds. The van der Waals surface area contributed by atoms with Crippen molar-refractivity contribution in [2.45, 2.75) is 35.2 Å². The van der Waals surface area contributed by atoms with Gasteiger partial charge < -0.3 is 5.32 Å². The Morgan fingerprint density at radius 3 is 2.60 bits per heavy atom. The first kappa shape index (κ1) is 14.3. The molecule has 4 heteroatoms. The molecule has 0 spiro atoms. The van der Waals surface area contributed by atoms with E-state index >= 15 is 0 Å². The van der Waals surface area contributed by atoms with Crippen LogP contribution < -0.4 is 5.32 Å². The lowest BCUT2D eigenvalue weighted by Gasteiger charge is -2.10. The van der Waals surface area contributed by atoms with Crippen LogP contribution in [0.1, 0.15) is 18.4 Å². The smallest absolute Gasteiger partial charge is 0.0603 e. The molecule has 1 nitrogen and oxygen atoms in total. The van der Waals surface area contributed by atoms with Crippen molar-refractivity contribution in [3.05, 3.63) is 58.1 Å². The summed E-state index contributed by atoms with van der Waals surface area (Å²) in [6.07, 6.45) is 2.62. The summed E-state index contributed by atoms with van der Waals surface area (Å²) in [4.78, 5) is 2.37. The summed E-state index contributed by atoms with van der Waals surface area (Å²) in [5.41, 5.74) is 1.33. The van der Waals surface area contributed by atoms with Gasteiger partial charge in [-0.3, -0.25) is 0 Å². The summed E-state index contributed by atoms with van der Waals surface area (Å²) >= 11 is 13.8. The molecule has 0 heterocycles. The second-order valence-corrected chi connectivity index (χ2v) is 6.87. The molecule has 0 saturated heterocycles. The average molecular weight is 324 g/mol. The molecule has 0 radical (unpaired) electrons. The van der Waals surface area contributed by atoms with E-state index in [1.165, 1.54) is 23.3 Å². The van der Waals surface area contributed by atoms with Crippen molar-refractivity contribution < 1.29 is 0 Å². The largest absolute Gasteiger partial charge is 0.310 e. The van der Waals surface area contributed by atoms with Crippen molar-refractivity contribution in [3.8, 4) is 0 Å². The molecule has 0 unspecified atom stereocenters. The van der Waals surface area contributed by atoms with Crippen molar-refractivity contribution in [1.82, 2.24) is 5.32 Å². The molecule has 0 bridgehead atoms. The highest BCUT2D eigenvalue weighted by molar-refractivity contribution is 7.99. The molecule has 2 aromatic rings. The van der Waals surface area contributed by atoms with E-state index < -0.39 is 0 Å². The van der Waals surface area contributed by atoms with Gasteiger partial charge in [0.2, 0.25) is 0 Å². The highest BCUT2D eigenvalue weighted by atomic mass is 35.5. The number of rotatable bonds is 5. The van der Waals surface area contributed by atoms with Gasteiger partial charge in [-0.15, -0.1) is 0 Å². The minimum atomic E-state index is 0.597. The molecule has 1 fully saturated rings. The van der Waals surface area contributed by atoms with Crippen molar-refractivity contribution >= 4 is 35.0 Å². The highest BCUT2D eigenvalue weighted by Gasteiger charge is 2.20. The number of hydrogen-bond donors (Lipinski definition) is 1. The Morgan fingerprint density at radius 1 is 1.05 bits per heavy atom. The summed E-state index contributed by atoms with van der Waals surface area (Å²) in [7, 11) is 0. The molecular weight excluding hydrogens is 309 g/mol.